The number of ether oxygens (including phenoxy) is 1. The molecule has 0 bridgehead atoms. The van der Waals surface area contributed by atoms with Crippen molar-refractivity contribution in [2.24, 2.45) is 0 Å². The molecule has 0 unspecified atom stereocenters. The number of benzene rings is 1. The largest absolute Gasteiger partial charge is 0.497 e. The highest BCUT2D eigenvalue weighted by Gasteiger charge is 2.15. The summed E-state index contributed by atoms with van der Waals surface area (Å²) in [4.78, 5) is 37.6. The van der Waals surface area contributed by atoms with E-state index >= 15 is 0 Å². The van der Waals surface area contributed by atoms with Gasteiger partial charge in [-0.25, -0.2) is 4.79 Å². The number of aromatic nitrogens is 2. The first-order valence-electron chi connectivity index (χ1n) is 8.65. The van der Waals surface area contributed by atoms with Crippen LogP contribution < -0.4 is 21.3 Å². The zero-order valence-corrected chi connectivity index (χ0v) is 16.0. The van der Waals surface area contributed by atoms with E-state index in [9.17, 15) is 14.4 Å². The van der Waals surface area contributed by atoms with Gasteiger partial charge in [0.05, 0.1) is 12.6 Å². The van der Waals surface area contributed by atoms with Crippen molar-refractivity contribution in [1.29, 1.82) is 0 Å². The van der Waals surface area contributed by atoms with E-state index in [2.05, 4.69) is 5.32 Å². The number of rotatable bonds is 7. The molecule has 1 amide bonds. The Kier molecular flexibility index (Phi) is 5.75. The minimum absolute atomic E-state index is 0.139. The quantitative estimate of drug-likeness (QED) is 0.672. The molecule has 0 radical (unpaired) electrons. The van der Waals surface area contributed by atoms with Gasteiger partial charge in [0.25, 0.3) is 5.56 Å². The van der Waals surface area contributed by atoms with Gasteiger partial charge in [-0.1, -0.05) is 19.1 Å². The van der Waals surface area contributed by atoms with E-state index in [1.54, 1.807) is 18.6 Å². The normalized spacial score (nSPS) is 10.9. The van der Waals surface area contributed by atoms with Gasteiger partial charge in [-0.2, -0.15) is 0 Å². The number of carbonyl (C=O) groups excluding carboxylic acids is 1. The fraction of sp³-hybridized carbons (Fsp3) is 0.316. The maximum Gasteiger partial charge on any atom is 0.332 e. The predicted octanol–water partition coefficient (Wildman–Crippen LogP) is 1.96. The number of amides is 1. The minimum Gasteiger partial charge on any atom is -0.497 e. The first kappa shape index (κ1) is 18.9. The first-order chi connectivity index (χ1) is 13.0. The fourth-order valence-electron chi connectivity index (χ4n) is 2.89. The molecule has 3 aromatic rings. The molecule has 0 saturated carbocycles. The molecular weight excluding hydrogens is 366 g/mol. The molecule has 0 spiro atoms. The molecule has 1 N–H and O–H groups in total. The number of methoxy groups -OCH3 is 1. The smallest absolute Gasteiger partial charge is 0.332 e. The molecule has 0 atom stereocenters. The molecule has 3 rings (SSSR count). The van der Waals surface area contributed by atoms with Crippen LogP contribution in [0.15, 0.2) is 45.3 Å². The Labute approximate surface area is 159 Å². The summed E-state index contributed by atoms with van der Waals surface area (Å²) in [7, 11) is 1.58. The summed E-state index contributed by atoms with van der Waals surface area (Å²) in [6, 6.07) is 9.10. The molecule has 0 aliphatic carbocycles. The molecule has 0 fully saturated rings. The van der Waals surface area contributed by atoms with Crippen LogP contribution in [0.3, 0.4) is 0 Å². The van der Waals surface area contributed by atoms with Crippen LogP contribution in [0, 0.1) is 0 Å². The number of hydrogen-bond acceptors (Lipinski definition) is 5. The average molecular weight is 387 g/mol. The Hall–Kier alpha value is -2.87. The first-order valence-corrected chi connectivity index (χ1v) is 9.53. The van der Waals surface area contributed by atoms with Crippen molar-refractivity contribution in [3.05, 3.63) is 62.1 Å². The minimum atomic E-state index is -0.454. The molecule has 2 aromatic heterocycles. The van der Waals surface area contributed by atoms with Gasteiger partial charge >= 0.3 is 5.69 Å². The van der Waals surface area contributed by atoms with Gasteiger partial charge in [0.1, 0.15) is 17.0 Å². The van der Waals surface area contributed by atoms with Crippen LogP contribution in [0.2, 0.25) is 0 Å². The number of nitrogens with one attached hydrogen (secondary N) is 1. The van der Waals surface area contributed by atoms with E-state index in [-0.39, 0.29) is 18.0 Å². The van der Waals surface area contributed by atoms with Gasteiger partial charge in [-0.15, -0.1) is 11.3 Å². The highest BCUT2D eigenvalue weighted by atomic mass is 32.1. The fourth-order valence-corrected chi connectivity index (χ4v) is 3.73. The van der Waals surface area contributed by atoms with Crippen LogP contribution in [-0.2, 0) is 24.4 Å². The lowest BCUT2D eigenvalue weighted by atomic mass is 10.2. The van der Waals surface area contributed by atoms with Gasteiger partial charge in [-0.3, -0.25) is 18.7 Å². The maximum atomic E-state index is 12.7. The third-order valence-electron chi connectivity index (χ3n) is 4.21. The Balaban J connectivity index is 1.83. The van der Waals surface area contributed by atoms with Crippen LogP contribution in [0.25, 0.3) is 10.2 Å². The Bertz CT molecular complexity index is 1080. The van der Waals surface area contributed by atoms with Gasteiger partial charge in [0.15, 0.2) is 0 Å². The SMILES string of the molecule is CCCn1c(=O)c2sccc2n(CC(=O)NCc2cccc(OC)c2)c1=O. The van der Waals surface area contributed by atoms with Gasteiger partial charge < -0.3 is 10.1 Å². The van der Waals surface area contributed by atoms with Crippen LogP contribution in [0.5, 0.6) is 5.75 Å². The lowest BCUT2D eigenvalue weighted by Crippen LogP contribution is -2.42. The molecular formula is C19H21N3O4S. The lowest BCUT2D eigenvalue weighted by Gasteiger charge is -2.12. The standard InChI is InChI=1S/C19H21N3O4S/c1-3-8-21-18(24)17-15(7-9-27-17)22(19(21)25)12-16(23)20-11-13-5-4-6-14(10-13)26-2/h4-7,9-10H,3,8,11-12H2,1-2H3,(H,20,23). The molecule has 0 aliphatic rings. The number of nitrogens with zero attached hydrogens (tertiary/aromatic N) is 2. The van der Waals surface area contributed by atoms with Crippen molar-refractivity contribution in [3.8, 4) is 5.75 Å². The molecule has 8 heteroatoms. The monoisotopic (exact) mass is 387 g/mol. The second-order valence-corrected chi connectivity index (χ2v) is 7.00. The van der Waals surface area contributed by atoms with Crippen LogP contribution >= 0.6 is 11.3 Å². The van der Waals surface area contributed by atoms with E-state index in [4.69, 9.17) is 4.74 Å². The van der Waals surface area contributed by atoms with E-state index in [0.717, 1.165) is 5.56 Å². The zero-order chi connectivity index (χ0) is 19.4. The summed E-state index contributed by atoms with van der Waals surface area (Å²) >= 11 is 1.28. The second kappa shape index (κ2) is 8.22. The molecule has 0 saturated heterocycles. The molecule has 7 nitrogen and oxygen atoms in total. The molecule has 1 aromatic carbocycles. The Morgan fingerprint density at radius 3 is 2.78 bits per heavy atom. The summed E-state index contributed by atoms with van der Waals surface area (Å²) in [6.45, 7) is 2.42. The van der Waals surface area contributed by atoms with Crippen molar-refractivity contribution in [2.75, 3.05) is 7.11 Å². The summed E-state index contributed by atoms with van der Waals surface area (Å²) in [5.74, 6) is 0.415. The second-order valence-electron chi connectivity index (χ2n) is 6.09. The molecule has 2 heterocycles. The lowest BCUT2D eigenvalue weighted by molar-refractivity contribution is -0.121. The number of carbonyl (C=O) groups is 1. The Morgan fingerprint density at radius 1 is 1.22 bits per heavy atom. The molecule has 0 aliphatic heterocycles. The molecule has 27 heavy (non-hydrogen) atoms. The Morgan fingerprint density at radius 2 is 2.04 bits per heavy atom. The topological polar surface area (TPSA) is 82.3 Å². The van der Waals surface area contributed by atoms with Crippen molar-refractivity contribution < 1.29 is 9.53 Å². The van der Waals surface area contributed by atoms with Crippen molar-refractivity contribution in [2.45, 2.75) is 33.0 Å². The van der Waals surface area contributed by atoms with Crippen molar-refractivity contribution in [3.63, 3.8) is 0 Å². The van der Waals surface area contributed by atoms with Crippen molar-refractivity contribution in [1.82, 2.24) is 14.5 Å². The highest BCUT2D eigenvalue weighted by molar-refractivity contribution is 7.17. The third-order valence-corrected chi connectivity index (χ3v) is 5.10. The summed E-state index contributed by atoms with van der Waals surface area (Å²) in [5, 5.41) is 4.57. The van der Waals surface area contributed by atoms with Crippen LogP contribution in [0.4, 0.5) is 0 Å². The number of thiophene rings is 1. The number of hydrogen-bond donors (Lipinski definition) is 1. The van der Waals surface area contributed by atoms with E-state index in [1.165, 1.54) is 20.5 Å². The number of fused-ring (bicyclic) bond motifs is 1. The van der Waals surface area contributed by atoms with Gasteiger partial charge in [0.2, 0.25) is 5.91 Å². The van der Waals surface area contributed by atoms with E-state index in [1.807, 2.05) is 31.2 Å². The predicted molar refractivity (Wildman–Crippen MR) is 105 cm³/mol. The van der Waals surface area contributed by atoms with Crippen LogP contribution in [-0.4, -0.2) is 22.2 Å². The molecule has 142 valence electrons. The summed E-state index contributed by atoms with van der Waals surface area (Å²) in [5.41, 5.74) is 0.648. The summed E-state index contributed by atoms with van der Waals surface area (Å²) < 4.78 is 8.23. The zero-order valence-electron chi connectivity index (χ0n) is 15.2. The van der Waals surface area contributed by atoms with Crippen molar-refractivity contribution >= 4 is 27.5 Å². The third kappa shape index (κ3) is 3.95. The summed E-state index contributed by atoms with van der Waals surface area (Å²) in [6.07, 6.45) is 0.661. The average Bonchev–Trinajstić information content (AvgIpc) is 3.17. The van der Waals surface area contributed by atoms with E-state index < -0.39 is 5.69 Å². The van der Waals surface area contributed by atoms with Gasteiger partial charge in [0, 0.05) is 13.1 Å². The van der Waals surface area contributed by atoms with E-state index in [0.29, 0.717) is 35.5 Å². The maximum absolute atomic E-state index is 12.7. The van der Waals surface area contributed by atoms with Gasteiger partial charge in [-0.05, 0) is 35.6 Å². The highest BCUT2D eigenvalue weighted by Crippen LogP contribution is 2.15. The van der Waals surface area contributed by atoms with Crippen LogP contribution in [0.1, 0.15) is 18.9 Å².